The highest BCUT2D eigenvalue weighted by Gasteiger charge is 2.32. The molecule has 0 amide bonds. The van der Waals surface area contributed by atoms with Crippen molar-refractivity contribution in [3.05, 3.63) is 35.1 Å². The summed E-state index contributed by atoms with van der Waals surface area (Å²) in [6.45, 7) is 2.02. The minimum Gasteiger partial charge on any atom is -0.486 e. The van der Waals surface area contributed by atoms with E-state index < -0.39 is 0 Å². The van der Waals surface area contributed by atoms with Gasteiger partial charge in [0.1, 0.15) is 30.4 Å². The van der Waals surface area contributed by atoms with Crippen molar-refractivity contribution in [1.29, 1.82) is 0 Å². The zero-order chi connectivity index (χ0) is 15.8. The van der Waals surface area contributed by atoms with Crippen molar-refractivity contribution < 1.29 is 9.47 Å². The fourth-order valence-electron chi connectivity index (χ4n) is 3.28. The second kappa shape index (κ2) is 5.77. The fraction of sp³-hybridized carbons (Fsp3) is 0.375. The molecule has 0 aliphatic carbocycles. The van der Waals surface area contributed by atoms with Crippen LogP contribution >= 0.6 is 11.6 Å². The van der Waals surface area contributed by atoms with Gasteiger partial charge in [-0.3, -0.25) is 0 Å². The first kappa shape index (κ1) is 14.4. The minimum atomic E-state index is 0.137. The largest absolute Gasteiger partial charge is 0.486 e. The topological polar surface area (TPSA) is 73.5 Å². The van der Waals surface area contributed by atoms with E-state index >= 15 is 0 Å². The third-order valence-electron chi connectivity index (χ3n) is 4.28. The molecular formula is C16H17ClN4O2. The zero-order valence-electron chi connectivity index (χ0n) is 12.5. The summed E-state index contributed by atoms with van der Waals surface area (Å²) in [4.78, 5) is 10.5. The molecule has 1 fully saturated rings. The maximum atomic E-state index is 6.32. The SMILES string of the molecule is Nc1ncnc(N2CCC[C@H]2c2cccc3c2OCCO3)c1Cl. The molecule has 0 spiro atoms. The molecule has 0 radical (unpaired) electrons. The van der Waals surface area contributed by atoms with E-state index in [2.05, 4.69) is 20.9 Å². The minimum absolute atomic E-state index is 0.137. The molecule has 0 unspecified atom stereocenters. The van der Waals surface area contributed by atoms with Crippen LogP contribution in [0.3, 0.4) is 0 Å². The summed E-state index contributed by atoms with van der Waals surface area (Å²) in [7, 11) is 0. The van der Waals surface area contributed by atoms with Crippen molar-refractivity contribution in [3.63, 3.8) is 0 Å². The number of benzene rings is 1. The molecule has 0 saturated carbocycles. The first-order chi connectivity index (χ1) is 11.3. The molecule has 1 aromatic heterocycles. The van der Waals surface area contributed by atoms with Gasteiger partial charge in [0, 0.05) is 12.1 Å². The smallest absolute Gasteiger partial charge is 0.166 e. The first-order valence-electron chi connectivity index (χ1n) is 7.67. The van der Waals surface area contributed by atoms with E-state index in [1.807, 2.05) is 12.1 Å². The Hall–Kier alpha value is -2.21. The summed E-state index contributed by atoms with van der Waals surface area (Å²) >= 11 is 6.32. The van der Waals surface area contributed by atoms with E-state index in [-0.39, 0.29) is 6.04 Å². The van der Waals surface area contributed by atoms with Crippen LogP contribution in [0, 0.1) is 0 Å². The maximum Gasteiger partial charge on any atom is 0.166 e. The number of ether oxygens (including phenoxy) is 2. The highest BCUT2D eigenvalue weighted by molar-refractivity contribution is 6.35. The standard InChI is InChI=1S/C16H17ClN4O2/c17-13-15(18)19-9-20-16(13)21-6-2-4-11(21)10-3-1-5-12-14(10)23-8-7-22-12/h1,3,5,9,11H,2,4,6-8H2,(H2,18,19,20)/t11-/m0/s1. The van der Waals surface area contributed by atoms with E-state index in [1.165, 1.54) is 6.33 Å². The van der Waals surface area contributed by atoms with E-state index in [0.717, 1.165) is 36.4 Å². The van der Waals surface area contributed by atoms with Crippen LogP contribution in [-0.4, -0.2) is 29.7 Å². The Morgan fingerprint density at radius 3 is 3.00 bits per heavy atom. The molecule has 2 N–H and O–H groups in total. The predicted octanol–water partition coefficient (Wildman–Crippen LogP) is 2.82. The van der Waals surface area contributed by atoms with Gasteiger partial charge in [0.15, 0.2) is 17.3 Å². The van der Waals surface area contributed by atoms with Crippen molar-refractivity contribution in [2.24, 2.45) is 0 Å². The number of para-hydroxylation sites is 1. The number of rotatable bonds is 2. The second-order valence-electron chi connectivity index (χ2n) is 5.62. The molecule has 23 heavy (non-hydrogen) atoms. The summed E-state index contributed by atoms with van der Waals surface area (Å²) in [5, 5.41) is 0.404. The van der Waals surface area contributed by atoms with Gasteiger partial charge in [-0.1, -0.05) is 23.7 Å². The Labute approximate surface area is 139 Å². The zero-order valence-corrected chi connectivity index (χ0v) is 13.3. The molecule has 2 aromatic rings. The lowest BCUT2D eigenvalue weighted by Crippen LogP contribution is -2.26. The lowest BCUT2D eigenvalue weighted by molar-refractivity contribution is 0.169. The van der Waals surface area contributed by atoms with Gasteiger partial charge < -0.3 is 20.1 Å². The van der Waals surface area contributed by atoms with Gasteiger partial charge >= 0.3 is 0 Å². The van der Waals surface area contributed by atoms with E-state index in [0.29, 0.717) is 29.9 Å². The normalized spacial score (nSPS) is 19.9. The molecular weight excluding hydrogens is 316 g/mol. The van der Waals surface area contributed by atoms with Gasteiger partial charge in [0.2, 0.25) is 0 Å². The number of anilines is 2. The average Bonchev–Trinajstić information content (AvgIpc) is 3.06. The molecule has 2 aliphatic heterocycles. The molecule has 6 nitrogen and oxygen atoms in total. The van der Waals surface area contributed by atoms with Gasteiger partial charge in [-0.2, -0.15) is 0 Å². The van der Waals surface area contributed by atoms with Crippen LogP contribution in [0.5, 0.6) is 11.5 Å². The number of fused-ring (bicyclic) bond motifs is 1. The van der Waals surface area contributed by atoms with Crippen LogP contribution in [-0.2, 0) is 0 Å². The van der Waals surface area contributed by atoms with Crippen LogP contribution < -0.4 is 20.1 Å². The van der Waals surface area contributed by atoms with Gasteiger partial charge in [-0.25, -0.2) is 9.97 Å². The van der Waals surface area contributed by atoms with E-state index in [1.54, 1.807) is 0 Å². The van der Waals surface area contributed by atoms with Crippen LogP contribution in [0.4, 0.5) is 11.6 Å². The fourth-order valence-corrected chi connectivity index (χ4v) is 3.48. The van der Waals surface area contributed by atoms with Crippen LogP contribution in [0.1, 0.15) is 24.4 Å². The molecule has 0 bridgehead atoms. The van der Waals surface area contributed by atoms with E-state index in [9.17, 15) is 0 Å². The van der Waals surface area contributed by atoms with Crippen molar-refractivity contribution in [2.75, 3.05) is 30.4 Å². The van der Waals surface area contributed by atoms with Crippen molar-refractivity contribution >= 4 is 23.2 Å². The van der Waals surface area contributed by atoms with Gasteiger partial charge in [-0.05, 0) is 18.9 Å². The summed E-state index contributed by atoms with van der Waals surface area (Å²) in [6, 6.07) is 6.15. The molecule has 4 rings (SSSR count). The monoisotopic (exact) mass is 332 g/mol. The number of nitrogens with zero attached hydrogens (tertiary/aromatic N) is 3. The quantitative estimate of drug-likeness (QED) is 0.911. The third kappa shape index (κ3) is 2.43. The van der Waals surface area contributed by atoms with Crippen LogP contribution in [0.2, 0.25) is 5.02 Å². The van der Waals surface area contributed by atoms with Crippen molar-refractivity contribution in [2.45, 2.75) is 18.9 Å². The Kier molecular flexibility index (Phi) is 3.61. The van der Waals surface area contributed by atoms with Gasteiger partial charge in [-0.15, -0.1) is 0 Å². The molecule has 7 heteroatoms. The van der Waals surface area contributed by atoms with Crippen LogP contribution in [0.25, 0.3) is 0 Å². The predicted molar refractivity (Wildman–Crippen MR) is 88.2 cm³/mol. The second-order valence-corrected chi connectivity index (χ2v) is 6.00. The van der Waals surface area contributed by atoms with E-state index in [4.69, 9.17) is 26.8 Å². The Bertz CT molecular complexity index is 740. The number of nitrogens with two attached hydrogens (primary N) is 1. The van der Waals surface area contributed by atoms with Crippen molar-refractivity contribution in [1.82, 2.24) is 9.97 Å². The Morgan fingerprint density at radius 2 is 2.09 bits per heavy atom. The molecule has 2 aliphatic rings. The molecule has 120 valence electrons. The van der Waals surface area contributed by atoms with Gasteiger partial charge in [0.05, 0.1) is 6.04 Å². The number of hydrogen-bond acceptors (Lipinski definition) is 6. The van der Waals surface area contributed by atoms with Crippen molar-refractivity contribution in [3.8, 4) is 11.5 Å². The van der Waals surface area contributed by atoms with Gasteiger partial charge in [0.25, 0.3) is 0 Å². The highest BCUT2D eigenvalue weighted by atomic mass is 35.5. The number of hydrogen-bond donors (Lipinski definition) is 1. The summed E-state index contributed by atoms with van der Waals surface area (Å²) < 4.78 is 11.6. The summed E-state index contributed by atoms with van der Waals surface area (Å²) in [5.41, 5.74) is 6.93. The molecule has 1 aromatic carbocycles. The lowest BCUT2D eigenvalue weighted by atomic mass is 10.0. The van der Waals surface area contributed by atoms with Crippen LogP contribution in [0.15, 0.2) is 24.5 Å². The highest BCUT2D eigenvalue weighted by Crippen LogP contribution is 2.45. The Morgan fingerprint density at radius 1 is 1.22 bits per heavy atom. The summed E-state index contributed by atoms with van der Waals surface area (Å²) in [5.74, 6) is 2.61. The molecule has 1 saturated heterocycles. The molecule has 3 heterocycles. The molecule has 1 atom stereocenters. The number of halogens is 1. The first-order valence-corrected chi connectivity index (χ1v) is 8.04. The maximum absolute atomic E-state index is 6.32. The summed E-state index contributed by atoms with van der Waals surface area (Å²) in [6.07, 6.45) is 3.50. The average molecular weight is 333 g/mol. The number of nitrogen functional groups attached to an aromatic ring is 1. The third-order valence-corrected chi connectivity index (χ3v) is 4.64. The lowest BCUT2D eigenvalue weighted by Gasteiger charge is -2.30. The number of aromatic nitrogens is 2. The Balaban J connectivity index is 1.75.